The summed E-state index contributed by atoms with van der Waals surface area (Å²) >= 11 is 0. The van der Waals surface area contributed by atoms with Gasteiger partial charge in [-0.1, -0.05) is 39.8 Å². The molecule has 8 nitrogen and oxygen atoms in total. The van der Waals surface area contributed by atoms with E-state index in [9.17, 15) is 18.0 Å². The summed E-state index contributed by atoms with van der Waals surface area (Å²) in [5.41, 5.74) is 1.64. The van der Waals surface area contributed by atoms with E-state index in [1.807, 2.05) is 13.8 Å². The van der Waals surface area contributed by atoms with Crippen molar-refractivity contribution in [2.75, 3.05) is 25.5 Å². The number of carbonyl (C=O) groups is 2. The molecule has 0 radical (unpaired) electrons. The zero-order chi connectivity index (χ0) is 23.9. The minimum Gasteiger partial charge on any atom is -0.496 e. The number of sulfonamides is 1. The smallest absolute Gasteiger partial charge is 0.255 e. The number of methoxy groups -OCH3 is 1. The SMILES string of the molecule is CCN(CC)S(=O)(=O)c1ccc(OC)c(C(=O)NCc2ccc(NC(=O)C(C)C)cc2)c1. The van der Waals surface area contributed by atoms with Gasteiger partial charge in [-0.2, -0.15) is 4.31 Å². The lowest BCUT2D eigenvalue weighted by Crippen LogP contribution is -2.31. The molecule has 2 aromatic carbocycles. The second-order valence-corrected chi connectivity index (χ2v) is 9.41. The number of carbonyl (C=O) groups excluding carboxylic acids is 2. The van der Waals surface area contributed by atoms with Gasteiger partial charge in [-0.15, -0.1) is 0 Å². The van der Waals surface area contributed by atoms with Gasteiger partial charge in [0.1, 0.15) is 5.75 Å². The van der Waals surface area contributed by atoms with Crippen molar-refractivity contribution in [2.24, 2.45) is 5.92 Å². The number of nitrogens with zero attached hydrogens (tertiary/aromatic N) is 1. The highest BCUT2D eigenvalue weighted by Crippen LogP contribution is 2.25. The zero-order valence-corrected chi connectivity index (χ0v) is 20.0. The normalized spacial score (nSPS) is 11.5. The van der Waals surface area contributed by atoms with Gasteiger partial charge in [0.15, 0.2) is 0 Å². The third-order valence-corrected chi connectivity index (χ3v) is 7.00. The number of anilines is 1. The van der Waals surface area contributed by atoms with E-state index in [1.54, 1.807) is 38.1 Å². The molecule has 0 saturated carbocycles. The van der Waals surface area contributed by atoms with Crippen LogP contribution in [0.3, 0.4) is 0 Å². The Morgan fingerprint density at radius 2 is 1.66 bits per heavy atom. The first kappa shape index (κ1) is 25.4. The molecule has 0 bridgehead atoms. The van der Waals surface area contributed by atoms with Crippen LogP contribution in [0, 0.1) is 5.92 Å². The maximum atomic E-state index is 12.8. The highest BCUT2D eigenvalue weighted by Gasteiger charge is 2.24. The molecule has 0 aliphatic carbocycles. The van der Waals surface area contributed by atoms with Gasteiger partial charge in [-0.25, -0.2) is 8.42 Å². The van der Waals surface area contributed by atoms with Crippen LogP contribution in [-0.4, -0.2) is 44.7 Å². The minimum absolute atomic E-state index is 0.0393. The van der Waals surface area contributed by atoms with Crippen LogP contribution < -0.4 is 15.4 Å². The van der Waals surface area contributed by atoms with Gasteiger partial charge in [0.25, 0.3) is 5.91 Å². The van der Waals surface area contributed by atoms with Crippen molar-refractivity contribution >= 4 is 27.5 Å². The Labute approximate surface area is 190 Å². The molecule has 9 heteroatoms. The van der Waals surface area contributed by atoms with Crippen molar-refractivity contribution in [3.8, 4) is 5.75 Å². The Kier molecular flexibility index (Phi) is 8.80. The summed E-state index contributed by atoms with van der Waals surface area (Å²) in [7, 11) is -2.28. The lowest BCUT2D eigenvalue weighted by atomic mass is 10.1. The fraction of sp³-hybridized carbons (Fsp3) is 0.391. The van der Waals surface area contributed by atoms with Crippen LogP contribution in [0.25, 0.3) is 0 Å². The van der Waals surface area contributed by atoms with Gasteiger partial charge >= 0.3 is 0 Å². The molecule has 2 amide bonds. The summed E-state index contributed by atoms with van der Waals surface area (Å²) in [6, 6.07) is 11.4. The number of rotatable bonds is 10. The maximum Gasteiger partial charge on any atom is 0.255 e. The number of hydrogen-bond donors (Lipinski definition) is 2. The second-order valence-electron chi connectivity index (χ2n) is 7.47. The Bertz CT molecular complexity index is 1050. The van der Waals surface area contributed by atoms with Crippen LogP contribution in [0.1, 0.15) is 43.6 Å². The first-order valence-corrected chi connectivity index (χ1v) is 11.9. The molecule has 0 aliphatic heterocycles. The monoisotopic (exact) mass is 461 g/mol. The summed E-state index contributed by atoms with van der Waals surface area (Å²) in [6.45, 7) is 8.05. The van der Waals surface area contributed by atoms with E-state index in [4.69, 9.17) is 4.74 Å². The Hall–Kier alpha value is -2.91. The number of amides is 2. The fourth-order valence-corrected chi connectivity index (χ4v) is 4.49. The highest BCUT2D eigenvalue weighted by atomic mass is 32.2. The van der Waals surface area contributed by atoms with Gasteiger partial charge in [-0.3, -0.25) is 9.59 Å². The van der Waals surface area contributed by atoms with Crippen molar-refractivity contribution in [3.05, 3.63) is 53.6 Å². The molecule has 2 N–H and O–H groups in total. The van der Waals surface area contributed by atoms with Gasteiger partial charge in [0.2, 0.25) is 15.9 Å². The topological polar surface area (TPSA) is 105 Å². The Balaban J connectivity index is 2.16. The van der Waals surface area contributed by atoms with Crippen molar-refractivity contribution in [1.82, 2.24) is 9.62 Å². The van der Waals surface area contributed by atoms with Crippen LogP contribution in [0.15, 0.2) is 47.4 Å². The molecule has 0 aromatic heterocycles. The molecule has 0 saturated heterocycles. The summed E-state index contributed by atoms with van der Waals surface area (Å²) < 4.78 is 32.2. The van der Waals surface area contributed by atoms with Crippen LogP contribution in [-0.2, 0) is 21.4 Å². The fourth-order valence-electron chi connectivity index (χ4n) is 3.01. The molecule has 0 aliphatic rings. The van der Waals surface area contributed by atoms with Crippen molar-refractivity contribution in [1.29, 1.82) is 0 Å². The molecule has 174 valence electrons. The largest absolute Gasteiger partial charge is 0.496 e. The van der Waals surface area contributed by atoms with Gasteiger partial charge in [0, 0.05) is 31.2 Å². The molecule has 2 aromatic rings. The van der Waals surface area contributed by atoms with E-state index in [-0.39, 0.29) is 34.6 Å². The van der Waals surface area contributed by atoms with Crippen molar-refractivity contribution < 1.29 is 22.7 Å². The molecular formula is C23H31N3O5S. The Morgan fingerprint density at radius 3 is 2.19 bits per heavy atom. The number of ether oxygens (including phenoxy) is 1. The summed E-state index contributed by atoms with van der Waals surface area (Å²) in [5.74, 6) is -0.355. The van der Waals surface area contributed by atoms with Gasteiger partial charge in [0.05, 0.1) is 17.6 Å². The van der Waals surface area contributed by atoms with Crippen LogP contribution >= 0.6 is 0 Å². The van der Waals surface area contributed by atoms with Crippen molar-refractivity contribution in [2.45, 2.75) is 39.1 Å². The average molecular weight is 462 g/mol. The molecule has 0 unspecified atom stereocenters. The summed E-state index contributed by atoms with van der Waals surface area (Å²) in [5, 5.41) is 5.60. The van der Waals surface area contributed by atoms with Crippen LogP contribution in [0.4, 0.5) is 5.69 Å². The van der Waals surface area contributed by atoms with Crippen LogP contribution in [0.2, 0.25) is 0 Å². The standard InChI is InChI=1S/C23H31N3O5S/c1-6-26(7-2)32(29,30)19-12-13-21(31-5)20(14-19)23(28)24-15-17-8-10-18(11-9-17)25-22(27)16(3)4/h8-14,16H,6-7,15H2,1-5H3,(H,24,28)(H,25,27). The lowest BCUT2D eigenvalue weighted by Gasteiger charge is -2.19. The van der Waals surface area contributed by atoms with E-state index < -0.39 is 15.9 Å². The number of benzene rings is 2. The molecule has 32 heavy (non-hydrogen) atoms. The Morgan fingerprint density at radius 1 is 1.03 bits per heavy atom. The molecule has 0 fully saturated rings. The minimum atomic E-state index is -3.71. The molecule has 0 atom stereocenters. The predicted molar refractivity (Wildman–Crippen MR) is 124 cm³/mol. The third kappa shape index (κ3) is 6.08. The van der Waals surface area contributed by atoms with Gasteiger partial charge in [-0.05, 0) is 35.9 Å². The molecule has 0 spiro atoms. The quantitative estimate of drug-likeness (QED) is 0.565. The second kappa shape index (κ2) is 11.1. The van der Waals surface area contributed by atoms with Crippen LogP contribution in [0.5, 0.6) is 5.75 Å². The van der Waals surface area contributed by atoms with E-state index in [2.05, 4.69) is 10.6 Å². The summed E-state index contributed by atoms with van der Waals surface area (Å²) in [6.07, 6.45) is 0. The van der Waals surface area contributed by atoms with Crippen molar-refractivity contribution in [3.63, 3.8) is 0 Å². The highest BCUT2D eigenvalue weighted by molar-refractivity contribution is 7.89. The van der Waals surface area contributed by atoms with Gasteiger partial charge < -0.3 is 15.4 Å². The zero-order valence-electron chi connectivity index (χ0n) is 19.1. The average Bonchev–Trinajstić information content (AvgIpc) is 2.78. The predicted octanol–water partition coefficient (Wildman–Crippen LogP) is 3.25. The number of nitrogens with one attached hydrogen (secondary N) is 2. The lowest BCUT2D eigenvalue weighted by molar-refractivity contribution is -0.118. The first-order chi connectivity index (χ1) is 15.1. The van der Waals surface area contributed by atoms with E-state index in [0.717, 1.165) is 5.56 Å². The molecule has 0 heterocycles. The van der Waals surface area contributed by atoms with E-state index in [1.165, 1.54) is 29.6 Å². The van der Waals surface area contributed by atoms with E-state index >= 15 is 0 Å². The first-order valence-electron chi connectivity index (χ1n) is 10.5. The summed E-state index contributed by atoms with van der Waals surface area (Å²) in [4.78, 5) is 24.6. The third-order valence-electron chi connectivity index (χ3n) is 4.96. The van der Waals surface area contributed by atoms with E-state index in [0.29, 0.717) is 18.8 Å². The molecule has 2 rings (SSSR count). The number of hydrogen-bond acceptors (Lipinski definition) is 5. The maximum absolute atomic E-state index is 12.8. The molecular weight excluding hydrogens is 430 g/mol.